The summed E-state index contributed by atoms with van der Waals surface area (Å²) in [6.07, 6.45) is 2.03. The van der Waals surface area contributed by atoms with Crippen molar-refractivity contribution in [2.45, 2.75) is 5.92 Å². The zero-order valence-corrected chi connectivity index (χ0v) is 19.2. The molecule has 0 spiro atoms. The number of methoxy groups -OCH3 is 2. The highest BCUT2D eigenvalue weighted by atomic mass is 16.5. The van der Waals surface area contributed by atoms with Crippen LogP contribution in [-0.2, 0) is 4.79 Å². The number of ether oxygens (including phenoxy) is 2. The van der Waals surface area contributed by atoms with Gasteiger partial charge in [-0.3, -0.25) is 4.79 Å². The van der Waals surface area contributed by atoms with Gasteiger partial charge in [0.2, 0.25) is 5.91 Å². The SMILES string of the molecule is COc1ccc(C(CNC(=O)CN(C)c2ccccc2OC)c2c[nH]c3ccccc23)cc1. The van der Waals surface area contributed by atoms with Crippen molar-refractivity contribution < 1.29 is 14.3 Å². The van der Waals surface area contributed by atoms with Crippen LogP contribution >= 0.6 is 0 Å². The Balaban J connectivity index is 1.53. The number of aromatic amines is 1. The van der Waals surface area contributed by atoms with Gasteiger partial charge >= 0.3 is 0 Å². The standard InChI is InChI=1S/C27H29N3O3/c1-30(25-10-6-7-11-26(25)33-3)18-27(31)29-16-22(19-12-14-20(32-2)15-13-19)23-17-28-24-9-5-4-8-21(23)24/h4-15,17,22,28H,16,18H2,1-3H3,(H,29,31). The Morgan fingerprint density at radius 3 is 2.45 bits per heavy atom. The topological polar surface area (TPSA) is 66.6 Å². The van der Waals surface area contributed by atoms with Crippen LogP contribution in [0.1, 0.15) is 17.0 Å². The van der Waals surface area contributed by atoms with Gasteiger partial charge in [-0.25, -0.2) is 0 Å². The summed E-state index contributed by atoms with van der Waals surface area (Å²) < 4.78 is 10.7. The Labute approximate surface area is 194 Å². The van der Waals surface area contributed by atoms with Gasteiger partial charge in [-0.2, -0.15) is 0 Å². The van der Waals surface area contributed by atoms with Crippen LogP contribution < -0.4 is 19.7 Å². The third-order valence-electron chi connectivity index (χ3n) is 5.90. The molecule has 1 heterocycles. The van der Waals surface area contributed by atoms with E-state index >= 15 is 0 Å². The maximum atomic E-state index is 12.9. The highest BCUT2D eigenvalue weighted by molar-refractivity contribution is 5.85. The molecule has 1 amide bonds. The summed E-state index contributed by atoms with van der Waals surface area (Å²) in [5.41, 5.74) is 4.21. The first kappa shape index (κ1) is 22.3. The van der Waals surface area contributed by atoms with Gasteiger partial charge in [0.25, 0.3) is 0 Å². The monoisotopic (exact) mass is 443 g/mol. The summed E-state index contributed by atoms with van der Waals surface area (Å²) in [6, 6.07) is 23.9. The quantitative estimate of drug-likeness (QED) is 0.398. The fraction of sp³-hybridized carbons (Fsp3) is 0.222. The molecule has 0 bridgehead atoms. The van der Waals surface area contributed by atoms with Crippen molar-refractivity contribution in [1.29, 1.82) is 0 Å². The molecule has 1 aromatic heterocycles. The number of hydrogen-bond donors (Lipinski definition) is 2. The molecule has 0 saturated heterocycles. The number of H-pyrrole nitrogens is 1. The number of amides is 1. The predicted octanol–water partition coefficient (Wildman–Crippen LogP) is 4.57. The van der Waals surface area contributed by atoms with Gasteiger partial charge in [-0.05, 0) is 41.5 Å². The van der Waals surface area contributed by atoms with Gasteiger partial charge in [-0.15, -0.1) is 0 Å². The lowest BCUT2D eigenvalue weighted by atomic mass is 9.90. The third-order valence-corrected chi connectivity index (χ3v) is 5.90. The Kier molecular flexibility index (Phi) is 6.83. The van der Waals surface area contributed by atoms with E-state index in [0.717, 1.165) is 39.2 Å². The highest BCUT2D eigenvalue weighted by Crippen LogP contribution is 2.31. The second-order valence-corrected chi connectivity index (χ2v) is 7.95. The van der Waals surface area contributed by atoms with Crippen molar-refractivity contribution in [3.63, 3.8) is 0 Å². The maximum absolute atomic E-state index is 12.9. The van der Waals surface area contributed by atoms with Crippen LogP contribution in [0.4, 0.5) is 5.69 Å². The Hall–Kier alpha value is -3.93. The van der Waals surface area contributed by atoms with Crippen molar-refractivity contribution in [3.05, 3.63) is 90.1 Å². The van der Waals surface area contributed by atoms with E-state index in [-0.39, 0.29) is 18.4 Å². The molecular weight excluding hydrogens is 414 g/mol. The summed E-state index contributed by atoms with van der Waals surface area (Å²) in [4.78, 5) is 18.1. The molecular formula is C27H29N3O3. The number of rotatable bonds is 9. The second-order valence-electron chi connectivity index (χ2n) is 7.95. The molecule has 2 N–H and O–H groups in total. The van der Waals surface area contributed by atoms with Gasteiger partial charge in [0.05, 0.1) is 26.5 Å². The first-order chi connectivity index (χ1) is 16.1. The second kappa shape index (κ2) is 10.1. The van der Waals surface area contributed by atoms with Crippen molar-refractivity contribution in [2.24, 2.45) is 0 Å². The predicted molar refractivity (Wildman–Crippen MR) is 132 cm³/mol. The minimum Gasteiger partial charge on any atom is -0.497 e. The van der Waals surface area contributed by atoms with Crippen molar-refractivity contribution >= 4 is 22.5 Å². The lowest BCUT2D eigenvalue weighted by molar-refractivity contribution is -0.119. The Morgan fingerprint density at radius 2 is 1.70 bits per heavy atom. The lowest BCUT2D eigenvalue weighted by Gasteiger charge is -2.23. The number of fused-ring (bicyclic) bond motifs is 1. The smallest absolute Gasteiger partial charge is 0.239 e. The molecule has 4 aromatic rings. The number of carbonyl (C=O) groups excluding carboxylic acids is 1. The summed E-state index contributed by atoms with van der Waals surface area (Å²) in [5.74, 6) is 1.48. The number of hydrogen-bond acceptors (Lipinski definition) is 4. The zero-order chi connectivity index (χ0) is 23.2. The summed E-state index contributed by atoms with van der Waals surface area (Å²) >= 11 is 0. The van der Waals surface area contributed by atoms with Crippen LogP contribution in [0.25, 0.3) is 10.9 Å². The minimum atomic E-state index is -0.0539. The van der Waals surface area contributed by atoms with Gasteiger partial charge < -0.3 is 24.7 Å². The van der Waals surface area contributed by atoms with E-state index < -0.39 is 0 Å². The normalized spacial score (nSPS) is 11.7. The molecule has 0 fully saturated rings. The number of anilines is 1. The van der Waals surface area contributed by atoms with Crippen molar-refractivity contribution in [3.8, 4) is 11.5 Å². The fourth-order valence-corrected chi connectivity index (χ4v) is 4.14. The molecule has 0 radical (unpaired) electrons. The van der Waals surface area contributed by atoms with Crippen molar-refractivity contribution in [1.82, 2.24) is 10.3 Å². The average Bonchev–Trinajstić information content (AvgIpc) is 3.28. The van der Waals surface area contributed by atoms with Gasteiger partial charge in [0.1, 0.15) is 11.5 Å². The molecule has 0 aliphatic heterocycles. The minimum absolute atomic E-state index is 0.00688. The largest absolute Gasteiger partial charge is 0.497 e. The highest BCUT2D eigenvalue weighted by Gasteiger charge is 2.20. The van der Waals surface area contributed by atoms with Crippen LogP contribution in [0, 0.1) is 0 Å². The maximum Gasteiger partial charge on any atom is 0.239 e. The molecule has 0 saturated carbocycles. The van der Waals surface area contributed by atoms with Gasteiger partial charge in [0.15, 0.2) is 0 Å². The first-order valence-corrected chi connectivity index (χ1v) is 10.9. The molecule has 170 valence electrons. The first-order valence-electron chi connectivity index (χ1n) is 10.9. The van der Waals surface area contributed by atoms with E-state index in [9.17, 15) is 4.79 Å². The summed E-state index contributed by atoms with van der Waals surface area (Å²) in [7, 11) is 5.18. The van der Waals surface area contributed by atoms with Crippen LogP contribution in [0.15, 0.2) is 79.0 Å². The van der Waals surface area contributed by atoms with Crippen LogP contribution in [0.5, 0.6) is 11.5 Å². The Bertz CT molecular complexity index is 1220. The van der Waals surface area contributed by atoms with Crippen LogP contribution in [-0.4, -0.2) is 45.2 Å². The molecule has 3 aromatic carbocycles. The molecule has 0 aliphatic carbocycles. The van der Waals surface area contributed by atoms with Gasteiger partial charge in [0, 0.05) is 36.6 Å². The number of benzene rings is 3. The number of carbonyl (C=O) groups is 1. The molecule has 4 rings (SSSR count). The van der Waals surface area contributed by atoms with Crippen LogP contribution in [0.2, 0.25) is 0 Å². The molecule has 1 atom stereocenters. The van der Waals surface area contributed by atoms with E-state index in [0.29, 0.717) is 6.54 Å². The zero-order valence-electron chi connectivity index (χ0n) is 19.2. The summed E-state index contributed by atoms with van der Waals surface area (Å²) in [6.45, 7) is 0.705. The third kappa shape index (κ3) is 4.95. The molecule has 0 aliphatic rings. The average molecular weight is 444 g/mol. The van der Waals surface area contributed by atoms with E-state index in [4.69, 9.17) is 9.47 Å². The fourth-order valence-electron chi connectivity index (χ4n) is 4.14. The van der Waals surface area contributed by atoms with E-state index in [1.165, 1.54) is 0 Å². The molecule has 33 heavy (non-hydrogen) atoms. The molecule has 6 heteroatoms. The number of para-hydroxylation sites is 3. The molecule has 6 nitrogen and oxygen atoms in total. The lowest BCUT2D eigenvalue weighted by Crippen LogP contribution is -2.37. The number of nitrogens with zero attached hydrogens (tertiary/aromatic N) is 1. The van der Waals surface area contributed by atoms with Gasteiger partial charge in [-0.1, -0.05) is 42.5 Å². The molecule has 1 unspecified atom stereocenters. The Morgan fingerprint density at radius 1 is 0.970 bits per heavy atom. The number of nitrogens with one attached hydrogen (secondary N) is 2. The van der Waals surface area contributed by atoms with Crippen LogP contribution in [0.3, 0.4) is 0 Å². The van der Waals surface area contributed by atoms with E-state index in [1.807, 2.05) is 66.7 Å². The van der Waals surface area contributed by atoms with Crippen molar-refractivity contribution in [2.75, 3.05) is 39.3 Å². The van der Waals surface area contributed by atoms with E-state index in [1.54, 1.807) is 14.2 Å². The van der Waals surface area contributed by atoms with E-state index in [2.05, 4.69) is 34.6 Å². The summed E-state index contributed by atoms with van der Waals surface area (Å²) in [5, 5.41) is 4.29. The number of likely N-dealkylation sites (N-methyl/N-ethyl adjacent to an activating group) is 1. The number of aromatic nitrogens is 1.